The fourth-order valence-electron chi connectivity index (χ4n) is 5.84. The number of aromatic nitrogens is 3. The maximum atomic E-state index is 15.4. The molecule has 1 aliphatic heterocycles. The molecule has 2 fully saturated rings. The number of aryl methyl sites for hydroxylation is 1. The van der Waals surface area contributed by atoms with Crippen LogP contribution in [0.15, 0.2) is 34.1 Å². The van der Waals surface area contributed by atoms with Crippen LogP contribution in [0.5, 0.6) is 0 Å². The Hall–Kier alpha value is -2.72. The Balaban J connectivity index is 1.45. The third-order valence-corrected chi connectivity index (χ3v) is 8.65. The summed E-state index contributed by atoms with van der Waals surface area (Å²) in [6, 6.07) is 5.18. The number of hydrogen-bond acceptors (Lipinski definition) is 5. The Morgan fingerprint density at radius 1 is 1.32 bits per heavy atom. The molecule has 10 heteroatoms. The Labute approximate surface area is 219 Å². The van der Waals surface area contributed by atoms with E-state index in [9.17, 15) is 9.59 Å². The predicted octanol–water partition coefficient (Wildman–Crippen LogP) is 4.67. The molecule has 1 saturated heterocycles. The average molecular weight is 530 g/mol. The van der Waals surface area contributed by atoms with Crippen LogP contribution >= 0.6 is 11.8 Å². The van der Waals surface area contributed by atoms with Gasteiger partial charge in [-0.25, -0.2) is 13.8 Å². The van der Waals surface area contributed by atoms with Gasteiger partial charge in [0.15, 0.2) is 0 Å². The van der Waals surface area contributed by atoms with Crippen molar-refractivity contribution < 1.29 is 13.6 Å². The SMILES string of the molecule is CSc1cc(C)[nH]c(=O)c1CNC(=O)c1c(C)n([C@H](C)[C@H]2CCN(C3CC3)CC2(F)F)c2ncccc12. The first-order valence-corrected chi connectivity index (χ1v) is 14.0. The Kier molecular flexibility index (Phi) is 6.91. The van der Waals surface area contributed by atoms with Gasteiger partial charge in [-0.2, -0.15) is 0 Å². The van der Waals surface area contributed by atoms with Gasteiger partial charge in [-0.05, 0) is 71.0 Å². The molecule has 0 unspecified atom stereocenters. The lowest BCUT2D eigenvalue weighted by Crippen LogP contribution is -2.51. The Bertz CT molecular complexity index is 1400. The average Bonchev–Trinajstić information content (AvgIpc) is 3.65. The smallest absolute Gasteiger partial charge is 0.265 e. The summed E-state index contributed by atoms with van der Waals surface area (Å²) in [7, 11) is 0. The van der Waals surface area contributed by atoms with Crippen LogP contribution in [-0.4, -0.2) is 56.7 Å². The highest BCUT2D eigenvalue weighted by molar-refractivity contribution is 7.98. The van der Waals surface area contributed by atoms with E-state index in [1.165, 1.54) is 11.8 Å². The number of alkyl halides is 2. The van der Waals surface area contributed by atoms with Gasteiger partial charge in [0.25, 0.3) is 17.4 Å². The summed E-state index contributed by atoms with van der Waals surface area (Å²) in [5.41, 5.74) is 2.53. The molecule has 3 aromatic rings. The number of halogens is 2. The van der Waals surface area contributed by atoms with Crippen molar-refractivity contribution in [2.75, 3.05) is 19.3 Å². The molecule has 7 nitrogen and oxygen atoms in total. The molecule has 37 heavy (non-hydrogen) atoms. The number of hydrogen-bond donors (Lipinski definition) is 2. The van der Waals surface area contributed by atoms with Crippen LogP contribution in [0.1, 0.15) is 59.5 Å². The van der Waals surface area contributed by atoms with Gasteiger partial charge in [-0.1, -0.05) is 0 Å². The minimum atomic E-state index is -2.83. The molecule has 1 amide bonds. The lowest BCUT2D eigenvalue weighted by Gasteiger charge is -2.41. The quantitative estimate of drug-likeness (QED) is 0.435. The van der Waals surface area contributed by atoms with Crippen LogP contribution in [0.2, 0.25) is 0 Å². The van der Waals surface area contributed by atoms with Crippen molar-refractivity contribution in [1.29, 1.82) is 0 Å². The van der Waals surface area contributed by atoms with Gasteiger partial charge < -0.3 is 14.9 Å². The van der Waals surface area contributed by atoms with Crippen molar-refractivity contribution in [3.05, 3.63) is 57.3 Å². The third-order valence-electron chi connectivity index (χ3n) is 7.85. The van der Waals surface area contributed by atoms with Crippen LogP contribution in [-0.2, 0) is 6.54 Å². The molecule has 0 aromatic carbocycles. The highest BCUT2D eigenvalue weighted by Gasteiger charge is 2.50. The van der Waals surface area contributed by atoms with Crippen LogP contribution in [0.25, 0.3) is 11.0 Å². The first-order chi connectivity index (χ1) is 17.6. The van der Waals surface area contributed by atoms with E-state index in [2.05, 4.69) is 15.3 Å². The molecule has 1 saturated carbocycles. The largest absolute Gasteiger partial charge is 0.348 e. The van der Waals surface area contributed by atoms with E-state index in [0.717, 1.165) is 23.4 Å². The lowest BCUT2D eigenvalue weighted by molar-refractivity contribution is -0.126. The third kappa shape index (κ3) is 4.81. The molecule has 1 aliphatic carbocycles. The van der Waals surface area contributed by atoms with E-state index >= 15 is 8.78 Å². The summed E-state index contributed by atoms with van der Waals surface area (Å²) in [6.45, 7) is 5.92. The Morgan fingerprint density at radius 3 is 2.76 bits per heavy atom. The summed E-state index contributed by atoms with van der Waals surface area (Å²) in [6.07, 6.45) is 5.91. The minimum absolute atomic E-state index is 0.0598. The molecule has 0 bridgehead atoms. The number of carbonyl (C=O) groups is 1. The van der Waals surface area contributed by atoms with Crippen LogP contribution in [0, 0.1) is 19.8 Å². The molecule has 2 aliphatic rings. The van der Waals surface area contributed by atoms with E-state index in [0.29, 0.717) is 46.9 Å². The normalized spacial score (nSPS) is 20.8. The van der Waals surface area contributed by atoms with Gasteiger partial charge in [-0.3, -0.25) is 14.5 Å². The lowest BCUT2D eigenvalue weighted by atomic mass is 9.86. The van der Waals surface area contributed by atoms with Gasteiger partial charge in [0.05, 0.1) is 12.1 Å². The maximum absolute atomic E-state index is 15.4. The summed E-state index contributed by atoms with van der Waals surface area (Å²) < 4.78 is 32.6. The van der Waals surface area contributed by atoms with Crippen molar-refractivity contribution in [3.63, 3.8) is 0 Å². The molecule has 0 spiro atoms. The van der Waals surface area contributed by atoms with Crippen LogP contribution in [0.4, 0.5) is 8.78 Å². The number of thioether (sulfide) groups is 1. The number of H-pyrrole nitrogens is 1. The number of pyridine rings is 2. The maximum Gasteiger partial charge on any atom is 0.265 e. The first kappa shape index (κ1) is 25.9. The number of carbonyl (C=O) groups excluding carboxylic acids is 1. The molecule has 198 valence electrons. The Morgan fingerprint density at radius 2 is 2.08 bits per heavy atom. The van der Waals surface area contributed by atoms with Crippen LogP contribution < -0.4 is 10.9 Å². The van der Waals surface area contributed by atoms with E-state index in [1.807, 2.05) is 35.6 Å². The van der Waals surface area contributed by atoms with E-state index in [-0.39, 0.29) is 24.6 Å². The van der Waals surface area contributed by atoms with Crippen molar-refractivity contribution >= 4 is 28.7 Å². The van der Waals surface area contributed by atoms with Crippen LogP contribution in [0.3, 0.4) is 0 Å². The van der Waals surface area contributed by atoms with Gasteiger partial charge in [-0.15, -0.1) is 11.8 Å². The predicted molar refractivity (Wildman–Crippen MR) is 142 cm³/mol. The van der Waals surface area contributed by atoms with Gasteiger partial charge in [0, 0.05) is 58.0 Å². The first-order valence-electron chi connectivity index (χ1n) is 12.7. The van der Waals surface area contributed by atoms with E-state index < -0.39 is 17.9 Å². The summed E-state index contributed by atoms with van der Waals surface area (Å²) >= 11 is 1.45. The molecule has 5 rings (SSSR count). The fraction of sp³-hybridized carbons (Fsp3) is 0.519. The molecule has 4 heterocycles. The van der Waals surface area contributed by atoms with E-state index in [1.54, 1.807) is 25.3 Å². The number of likely N-dealkylation sites (tertiary alicyclic amines) is 1. The summed E-state index contributed by atoms with van der Waals surface area (Å²) in [4.78, 5) is 36.0. The number of fused-ring (bicyclic) bond motifs is 1. The number of piperidine rings is 1. The molecule has 2 N–H and O–H groups in total. The van der Waals surface area contributed by atoms with Crippen molar-refractivity contribution in [2.45, 2.75) is 69.5 Å². The molecule has 2 atom stereocenters. The number of amides is 1. The second kappa shape index (κ2) is 9.87. The fourth-order valence-corrected chi connectivity index (χ4v) is 6.55. The summed E-state index contributed by atoms with van der Waals surface area (Å²) in [5.74, 6) is -4.05. The minimum Gasteiger partial charge on any atom is -0.348 e. The number of nitrogens with one attached hydrogen (secondary N) is 2. The van der Waals surface area contributed by atoms with Gasteiger partial charge >= 0.3 is 0 Å². The standard InChI is InChI=1S/C27H33F2N5O2S/c1-15-12-22(37-4)20(25(35)32-15)13-31-26(36)23-17(3)34(24-19(23)6-5-10-30-24)16(2)21-9-11-33(18-7-8-18)14-27(21,28)29/h5-6,10,12,16,18,21H,7-9,11,13-14H2,1-4H3,(H,31,36)(H,32,35)/t16-,21-/m1/s1. The highest BCUT2D eigenvalue weighted by Crippen LogP contribution is 2.44. The zero-order valence-corrected chi connectivity index (χ0v) is 22.4. The molecule has 0 radical (unpaired) electrons. The van der Waals surface area contributed by atoms with E-state index in [4.69, 9.17) is 0 Å². The zero-order valence-electron chi connectivity index (χ0n) is 21.6. The van der Waals surface area contributed by atoms with Crippen molar-refractivity contribution in [3.8, 4) is 0 Å². The summed E-state index contributed by atoms with van der Waals surface area (Å²) in [5, 5.41) is 3.50. The second-order valence-corrected chi connectivity index (χ2v) is 11.2. The topological polar surface area (TPSA) is 83.0 Å². The van der Waals surface area contributed by atoms with Crippen molar-refractivity contribution in [2.24, 2.45) is 5.92 Å². The van der Waals surface area contributed by atoms with Gasteiger partial charge in [0.2, 0.25) is 0 Å². The highest BCUT2D eigenvalue weighted by atomic mass is 32.2. The monoisotopic (exact) mass is 529 g/mol. The van der Waals surface area contributed by atoms with Gasteiger partial charge in [0.1, 0.15) is 5.65 Å². The van der Waals surface area contributed by atoms with Crippen molar-refractivity contribution in [1.82, 2.24) is 24.8 Å². The second-order valence-electron chi connectivity index (χ2n) is 10.3. The molecular formula is C27H33F2N5O2S. The molecular weight excluding hydrogens is 496 g/mol. The zero-order chi connectivity index (χ0) is 26.5. The number of aromatic amines is 1. The molecule has 3 aromatic heterocycles. The number of nitrogens with zero attached hydrogens (tertiary/aromatic N) is 3. The number of rotatable bonds is 7.